The predicted octanol–water partition coefficient (Wildman–Crippen LogP) is 4.60. The van der Waals surface area contributed by atoms with Crippen LogP contribution in [0.1, 0.15) is 38.3 Å². The summed E-state index contributed by atoms with van der Waals surface area (Å²) in [5.74, 6) is -0.771. The van der Waals surface area contributed by atoms with Crippen molar-refractivity contribution in [2.75, 3.05) is 6.54 Å². The molecule has 0 aliphatic rings. The Bertz CT molecular complexity index is 807. The SMILES string of the molecule is CC[C@@H](C(=O)NCC(C)C)N(Cc1ccccc1)C(=O)Cc1c(F)cccc1Cl. The molecule has 0 spiro atoms. The Morgan fingerprint density at radius 1 is 1.10 bits per heavy atom. The van der Waals surface area contributed by atoms with Crippen LogP contribution in [-0.2, 0) is 22.6 Å². The van der Waals surface area contributed by atoms with Gasteiger partial charge >= 0.3 is 0 Å². The first-order valence-electron chi connectivity index (χ1n) is 9.87. The second-order valence-corrected chi connectivity index (χ2v) is 7.85. The highest BCUT2D eigenvalue weighted by molar-refractivity contribution is 6.31. The molecular weight excluding hydrogens is 391 g/mol. The molecule has 0 fully saturated rings. The normalized spacial score (nSPS) is 11.9. The molecule has 0 unspecified atom stereocenters. The number of carbonyl (C=O) groups is 2. The van der Waals surface area contributed by atoms with Crippen LogP contribution in [0.25, 0.3) is 0 Å². The second kappa shape index (κ2) is 11.0. The molecule has 0 bridgehead atoms. The average molecular weight is 419 g/mol. The molecule has 29 heavy (non-hydrogen) atoms. The molecule has 2 aromatic rings. The molecule has 0 aliphatic heterocycles. The highest BCUT2D eigenvalue weighted by Crippen LogP contribution is 2.22. The maximum absolute atomic E-state index is 14.2. The third-order valence-corrected chi connectivity index (χ3v) is 5.01. The number of nitrogens with zero attached hydrogens (tertiary/aromatic N) is 1. The van der Waals surface area contributed by atoms with Gasteiger partial charge in [0.15, 0.2) is 0 Å². The van der Waals surface area contributed by atoms with Gasteiger partial charge in [-0.25, -0.2) is 4.39 Å². The summed E-state index contributed by atoms with van der Waals surface area (Å²) in [6.07, 6.45) is 0.250. The minimum absolute atomic E-state index is 0.148. The average Bonchev–Trinajstić information content (AvgIpc) is 2.69. The first kappa shape index (κ1) is 22.9. The molecule has 0 radical (unpaired) electrons. The molecule has 0 heterocycles. The van der Waals surface area contributed by atoms with Crippen molar-refractivity contribution >= 4 is 23.4 Å². The van der Waals surface area contributed by atoms with Crippen LogP contribution in [0.2, 0.25) is 5.02 Å². The maximum Gasteiger partial charge on any atom is 0.242 e. The van der Waals surface area contributed by atoms with Crippen molar-refractivity contribution in [3.63, 3.8) is 0 Å². The lowest BCUT2D eigenvalue weighted by atomic mass is 10.1. The number of amides is 2. The summed E-state index contributed by atoms with van der Waals surface area (Å²) >= 11 is 6.11. The molecule has 156 valence electrons. The first-order valence-corrected chi connectivity index (χ1v) is 10.2. The van der Waals surface area contributed by atoms with Gasteiger partial charge < -0.3 is 10.2 Å². The summed E-state index contributed by atoms with van der Waals surface area (Å²) in [6, 6.07) is 13.1. The van der Waals surface area contributed by atoms with Crippen molar-refractivity contribution in [3.05, 3.63) is 70.5 Å². The fourth-order valence-electron chi connectivity index (χ4n) is 3.08. The van der Waals surface area contributed by atoms with Crippen LogP contribution >= 0.6 is 11.6 Å². The van der Waals surface area contributed by atoms with E-state index in [9.17, 15) is 14.0 Å². The zero-order valence-electron chi connectivity index (χ0n) is 17.1. The zero-order chi connectivity index (χ0) is 21.4. The number of nitrogens with one attached hydrogen (secondary N) is 1. The van der Waals surface area contributed by atoms with Crippen molar-refractivity contribution in [1.82, 2.24) is 10.2 Å². The molecule has 1 N–H and O–H groups in total. The molecule has 4 nitrogen and oxygen atoms in total. The number of carbonyl (C=O) groups excluding carboxylic acids is 2. The molecule has 2 rings (SSSR count). The summed E-state index contributed by atoms with van der Waals surface area (Å²) in [4.78, 5) is 27.5. The van der Waals surface area contributed by atoms with E-state index in [1.165, 1.54) is 17.0 Å². The van der Waals surface area contributed by atoms with Gasteiger partial charge in [-0.1, -0.05) is 68.8 Å². The molecular formula is C23H28ClFN2O2. The number of halogens is 2. The molecule has 0 aromatic heterocycles. The van der Waals surface area contributed by atoms with Crippen LogP contribution in [0.15, 0.2) is 48.5 Å². The lowest BCUT2D eigenvalue weighted by Crippen LogP contribution is -2.50. The molecule has 6 heteroatoms. The number of rotatable bonds is 9. The Morgan fingerprint density at radius 2 is 1.79 bits per heavy atom. The van der Waals surface area contributed by atoms with E-state index in [4.69, 9.17) is 11.6 Å². The van der Waals surface area contributed by atoms with Crippen molar-refractivity contribution < 1.29 is 14.0 Å². The lowest BCUT2D eigenvalue weighted by molar-refractivity contribution is -0.141. The quantitative estimate of drug-likeness (QED) is 0.646. The van der Waals surface area contributed by atoms with Gasteiger partial charge in [0.25, 0.3) is 0 Å². The van der Waals surface area contributed by atoms with Crippen LogP contribution in [0.4, 0.5) is 4.39 Å². The van der Waals surface area contributed by atoms with Gasteiger partial charge in [-0.05, 0) is 30.0 Å². The first-order chi connectivity index (χ1) is 13.8. The number of hydrogen-bond donors (Lipinski definition) is 1. The smallest absolute Gasteiger partial charge is 0.242 e. The standard InChI is InChI=1S/C23H28ClFN2O2/c1-4-21(23(29)26-14-16(2)3)27(15-17-9-6-5-7-10-17)22(28)13-18-19(24)11-8-12-20(18)25/h5-12,16,21H,4,13-15H2,1-3H3,(H,26,29)/t21-/m0/s1. The van der Waals surface area contributed by atoms with Gasteiger partial charge in [0.05, 0.1) is 6.42 Å². The van der Waals surface area contributed by atoms with Crippen LogP contribution in [0, 0.1) is 11.7 Å². The third-order valence-electron chi connectivity index (χ3n) is 4.66. The summed E-state index contributed by atoms with van der Waals surface area (Å²) < 4.78 is 14.2. The minimum atomic E-state index is -0.646. The van der Waals surface area contributed by atoms with Gasteiger partial charge in [0.2, 0.25) is 11.8 Å². The van der Waals surface area contributed by atoms with Gasteiger partial charge in [-0.15, -0.1) is 0 Å². The third kappa shape index (κ3) is 6.57. The van der Waals surface area contributed by atoms with Gasteiger partial charge in [-0.2, -0.15) is 0 Å². The van der Waals surface area contributed by atoms with Gasteiger partial charge in [0.1, 0.15) is 11.9 Å². The molecule has 1 atom stereocenters. The van der Waals surface area contributed by atoms with Crippen LogP contribution in [0.3, 0.4) is 0 Å². The van der Waals surface area contributed by atoms with Crippen molar-refractivity contribution in [1.29, 1.82) is 0 Å². The molecule has 2 aromatic carbocycles. The van der Waals surface area contributed by atoms with Crippen molar-refractivity contribution in [2.24, 2.45) is 5.92 Å². The maximum atomic E-state index is 14.2. The highest BCUT2D eigenvalue weighted by Gasteiger charge is 2.29. The monoisotopic (exact) mass is 418 g/mol. The fraction of sp³-hybridized carbons (Fsp3) is 0.391. The summed E-state index contributed by atoms with van der Waals surface area (Å²) in [5.41, 5.74) is 1.05. The predicted molar refractivity (Wildman–Crippen MR) is 114 cm³/mol. The van der Waals surface area contributed by atoms with Crippen LogP contribution in [0.5, 0.6) is 0 Å². The van der Waals surface area contributed by atoms with E-state index in [0.717, 1.165) is 5.56 Å². The number of hydrogen-bond acceptors (Lipinski definition) is 2. The number of benzene rings is 2. The zero-order valence-corrected chi connectivity index (χ0v) is 17.9. The van der Waals surface area contributed by atoms with E-state index in [0.29, 0.717) is 18.9 Å². The largest absolute Gasteiger partial charge is 0.354 e. The van der Waals surface area contributed by atoms with Crippen LogP contribution < -0.4 is 5.32 Å². The second-order valence-electron chi connectivity index (χ2n) is 7.45. The van der Waals surface area contributed by atoms with Gasteiger partial charge in [-0.3, -0.25) is 9.59 Å². The fourth-order valence-corrected chi connectivity index (χ4v) is 3.31. The highest BCUT2D eigenvalue weighted by atomic mass is 35.5. The van der Waals surface area contributed by atoms with E-state index in [1.807, 2.05) is 51.1 Å². The summed E-state index contributed by atoms with van der Waals surface area (Å²) in [5, 5.41) is 3.11. The van der Waals surface area contributed by atoms with Crippen molar-refractivity contribution in [3.8, 4) is 0 Å². The lowest BCUT2D eigenvalue weighted by Gasteiger charge is -2.31. The molecule has 0 aliphatic carbocycles. The van der Waals surface area contributed by atoms with E-state index in [-0.39, 0.29) is 35.4 Å². The Hall–Kier alpha value is -2.40. The summed E-state index contributed by atoms with van der Waals surface area (Å²) in [6.45, 7) is 6.67. The molecule has 0 saturated heterocycles. The Kier molecular flexibility index (Phi) is 8.65. The summed E-state index contributed by atoms with van der Waals surface area (Å²) in [7, 11) is 0. The van der Waals surface area contributed by atoms with Crippen LogP contribution in [-0.4, -0.2) is 29.3 Å². The minimum Gasteiger partial charge on any atom is -0.354 e. The van der Waals surface area contributed by atoms with E-state index in [1.54, 1.807) is 6.07 Å². The Balaban J connectivity index is 2.30. The molecule has 2 amide bonds. The van der Waals surface area contributed by atoms with E-state index in [2.05, 4.69) is 5.32 Å². The topological polar surface area (TPSA) is 49.4 Å². The van der Waals surface area contributed by atoms with Crippen molar-refractivity contribution in [2.45, 2.75) is 46.2 Å². The van der Waals surface area contributed by atoms with Gasteiger partial charge in [0, 0.05) is 23.7 Å². The Morgan fingerprint density at radius 3 is 2.38 bits per heavy atom. The Labute approximate surface area is 177 Å². The van der Waals surface area contributed by atoms with E-state index < -0.39 is 11.9 Å². The van der Waals surface area contributed by atoms with E-state index >= 15 is 0 Å². The molecule has 0 saturated carbocycles.